The van der Waals surface area contributed by atoms with Gasteiger partial charge in [-0.25, -0.2) is 4.39 Å². The molecule has 1 atom stereocenters. The first-order valence-electron chi connectivity index (χ1n) is 13.8. The molecule has 3 aromatic carbocycles. The third-order valence-corrected chi connectivity index (χ3v) is 6.57. The Hall–Kier alpha value is -3.33. The summed E-state index contributed by atoms with van der Waals surface area (Å²) in [5.74, 6) is 0. The molecule has 0 radical (unpaired) electrons. The van der Waals surface area contributed by atoms with Gasteiger partial charge in [0.25, 0.3) is 0 Å². The first-order chi connectivity index (χ1) is 18.2. The van der Waals surface area contributed by atoms with Gasteiger partial charge in [-0.15, -0.1) is 11.7 Å². The third kappa shape index (κ3) is 10.3. The van der Waals surface area contributed by atoms with Crippen LogP contribution < -0.4 is 0 Å². The van der Waals surface area contributed by atoms with Gasteiger partial charge in [0.05, 0.1) is 6.21 Å². The van der Waals surface area contributed by atoms with Crippen molar-refractivity contribution in [3.05, 3.63) is 119 Å². The van der Waals surface area contributed by atoms with Crippen molar-refractivity contribution in [2.75, 3.05) is 0 Å². The van der Waals surface area contributed by atoms with E-state index in [9.17, 15) is 4.39 Å². The first kappa shape index (κ1) is 28.2. The zero-order valence-electron chi connectivity index (χ0n) is 22.3. The van der Waals surface area contributed by atoms with Crippen LogP contribution >= 0.6 is 0 Å². The van der Waals surface area contributed by atoms with E-state index in [1.807, 2.05) is 60.7 Å². The van der Waals surface area contributed by atoms with E-state index >= 15 is 0 Å². The lowest BCUT2D eigenvalue weighted by Gasteiger charge is -2.10. The predicted molar refractivity (Wildman–Crippen MR) is 158 cm³/mol. The molecule has 3 rings (SSSR count). The normalized spacial score (nSPS) is 12.6. The second-order valence-electron chi connectivity index (χ2n) is 9.68. The minimum atomic E-state index is -0.784. The Balaban J connectivity index is 1.66. The average molecular weight is 497 g/mol. The van der Waals surface area contributed by atoms with Gasteiger partial charge in [-0.1, -0.05) is 118 Å². The highest BCUT2D eigenvalue weighted by molar-refractivity contribution is 6.13. The molecule has 2 nitrogen and oxygen atoms in total. The summed E-state index contributed by atoms with van der Waals surface area (Å²) in [4.78, 5) is 0. The lowest BCUT2D eigenvalue weighted by molar-refractivity contribution is 0.304. The van der Waals surface area contributed by atoms with Crippen molar-refractivity contribution in [3.63, 3.8) is 0 Å². The van der Waals surface area contributed by atoms with Crippen molar-refractivity contribution in [1.29, 1.82) is 0 Å². The zero-order valence-corrected chi connectivity index (χ0v) is 22.3. The summed E-state index contributed by atoms with van der Waals surface area (Å²) in [6.45, 7) is 5.93. The molecule has 0 amide bonds. The zero-order chi connectivity index (χ0) is 26.1. The van der Waals surface area contributed by atoms with Crippen molar-refractivity contribution in [2.45, 2.75) is 77.3 Å². The summed E-state index contributed by atoms with van der Waals surface area (Å²) < 4.78 is 14.3. The van der Waals surface area contributed by atoms with Crippen molar-refractivity contribution < 1.29 is 4.39 Å². The highest BCUT2D eigenvalue weighted by atomic mass is 19.1. The van der Waals surface area contributed by atoms with Crippen LogP contribution in [0.1, 0.15) is 86.1 Å². The Morgan fingerprint density at radius 3 is 2.22 bits per heavy atom. The molecular formula is C34H41FN2. The van der Waals surface area contributed by atoms with E-state index in [1.54, 1.807) is 6.21 Å². The Labute approximate surface area is 223 Å². The molecule has 3 aromatic rings. The number of halogens is 1. The minimum Gasteiger partial charge on any atom is -0.247 e. The van der Waals surface area contributed by atoms with E-state index in [0.29, 0.717) is 12.8 Å². The Kier molecular flexibility index (Phi) is 12.5. The van der Waals surface area contributed by atoms with E-state index in [0.717, 1.165) is 60.1 Å². The molecule has 0 aliphatic carbocycles. The Morgan fingerprint density at radius 1 is 0.811 bits per heavy atom. The topological polar surface area (TPSA) is 24.7 Å². The molecule has 0 aliphatic rings. The Morgan fingerprint density at radius 2 is 1.51 bits per heavy atom. The molecule has 0 aliphatic heterocycles. The third-order valence-electron chi connectivity index (χ3n) is 6.57. The molecule has 0 aromatic heterocycles. The van der Waals surface area contributed by atoms with E-state index in [-0.39, 0.29) is 0 Å². The molecule has 0 saturated heterocycles. The maximum atomic E-state index is 14.3. The number of aryl methyl sites for hydroxylation is 1. The maximum absolute atomic E-state index is 14.3. The molecule has 0 spiro atoms. The predicted octanol–water partition coefficient (Wildman–Crippen LogP) is 9.31. The van der Waals surface area contributed by atoms with Crippen molar-refractivity contribution in [2.24, 2.45) is 10.2 Å². The summed E-state index contributed by atoms with van der Waals surface area (Å²) in [5, 5.41) is 9.03. The number of benzene rings is 3. The molecule has 0 fully saturated rings. The van der Waals surface area contributed by atoms with Crippen LogP contribution in [0.5, 0.6) is 0 Å². The van der Waals surface area contributed by atoms with Crippen molar-refractivity contribution >= 4 is 11.9 Å². The molecule has 194 valence electrons. The number of unbranched alkanes of at least 4 members (excludes halogenated alkanes) is 5. The highest BCUT2D eigenvalue weighted by Crippen LogP contribution is 2.17. The van der Waals surface area contributed by atoms with Crippen LogP contribution in [0.2, 0.25) is 0 Å². The fourth-order valence-corrected chi connectivity index (χ4v) is 4.37. The van der Waals surface area contributed by atoms with Gasteiger partial charge in [0.15, 0.2) is 0 Å². The van der Waals surface area contributed by atoms with E-state index < -0.39 is 6.17 Å². The summed E-state index contributed by atoms with van der Waals surface area (Å²) in [6, 6.07) is 26.7. The van der Waals surface area contributed by atoms with Crippen LogP contribution in [0.25, 0.3) is 0 Å². The van der Waals surface area contributed by atoms with Crippen LogP contribution in [-0.2, 0) is 12.8 Å². The van der Waals surface area contributed by atoms with Gasteiger partial charge in [-0.2, -0.15) is 5.10 Å². The lowest BCUT2D eigenvalue weighted by Crippen LogP contribution is -2.06. The molecule has 37 heavy (non-hydrogen) atoms. The summed E-state index contributed by atoms with van der Waals surface area (Å²) >= 11 is 0. The number of hydrogen-bond donors (Lipinski definition) is 0. The number of rotatable bonds is 16. The first-order valence-corrected chi connectivity index (χ1v) is 13.8. The van der Waals surface area contributed by atoms with Crippen LogP contribution in [0.4, 0.5) is 4.39 Å². The monoisotopic (exact) mass is 496 g/mol. The SMILES string of the molecule is C=CCCCCCc1ccc(C=NN=C(c2ccccc2)c2ccc(CC(F)CCCCC)cc2)cc1. The quantitative estimate of drug-likeness (QED) is 0.0817. The lowest BCUT2D eigenvalue weighted by atomic mass is 9.98. The van der Waals surface area contributed by atoms with Crippen LogP contribution in [0.3, 0.4) is 0 Å². The molecule has 1 unspecified atom stereocenters. The molecular weight excluding hydrogens is 455 g/mol. The Bertz CT molecular complexity index is 1100. The fraction of sp³-hybridized carbons (Fsp3) is 0.353. The highest BCUT2D eigenvalue weighted by Gasteiger charge is 2.10. The summed E-state index contributed by atoms with van der Waals surface area (Å²) in [7, 11) is 0. The van der Waals surface area contributed by atoms with Crippen molar-refractivity contribution in [1.82, 2.24) is 0 Å². The van der Waals surface area contributed by atoms with E-state index in [4.69, 9.17) is 0 Å². The van der Waals surface area contributed by atoms with E-state index in [2.05, 4.69) is 48.0 Å². The molecule has 0 heterocycles. The smallest absolute Gasteiger partial charge is 0.104 e. The van der Waals surface area contributed by atoms with Crippen LogP contribution in [0, 0.1) is 0 Å². The minimum absolute atomic E-state index is 0.463. The van der Waals surface area contributed by atoms with Gasteiger partial charge in [-0.3, -0.25) is 0 Å². The number of allylic oxidation sites excluding steroid dienone is 1. The second-order valence-corrected chi connectivity index (χ2v) is 9.68. The maximum Gasteiger partial charge on any atom is 0.104 e. The molecule has 3 heteroatoms. The van der Waals surface area contributed by atoms with Gasteiger partial charge < -0.3 is 0 Å². The van der Waals surface area contributed by atoms with Crippen molar-refractivity contribution in [3.8, 4) is 0 Å². The van der Waals surface area contributed by atoms with Gasteiger partial charge in [0.1, 0.15) is 11.9 Å². The number of alkyl halides is 1. The summed E-state index contributed by atoms with van der Waals surface area (Å²) in [6.07, 6.45) is 13.1. The molecule has 0 bridgehead atoms. The van der Waals surface area contributed by atoms with Gasteiger partial charge in [0, 0.05) is 17.5 Å². The van der Waals surface area contributed by atoms with E-state index in [1.165, 1.54) is 24.8 Å². The number of nitrogens with zero attached hydrogens (tertiary/aromatic N) is 2. The molecule has 0 saturated carbocycles. The van der Waals surface area contributed by atoms with Crippen LogP contribution in [0.15, 0.2) is 102 Å². The molecule has 0 N–H and O–H groups in total. The van der Waals surface area contributed by atoms with Gasteiger partial charge in [0.2, 0.25) is 0 Å². The van der Waals surface area contributed by atoms with Gasteiger partial charge in [-0.05, 0) is 48.8 Å². The average Bonchev–Trinajstić information content (AvgIpc) is 2.93. The number of hydrogen-bond acceptors (Lipinski definition) is 2. The second kappa shape index (κ2) is 16.4. The van der Waals surface area contributed by atoms with Crippen LogP contribution in [-0.4, -0.2) is 18.1 Å². The van der Waals surface area contributed by atoms with Gasteiger partial charge >= 0.3 is 0 Å². The largest absolute Gasteiger partial charge is 0.247 e. The summed E-state index contributed by atoms with van der Waals surface area (Å²) in [5.41, 5.74) is 6.18. The standard InChI is InChI=1S/C34H41FN2/c1-3-5-7-8-11-14-28-18-20-30(21-19-28)27-36-37-34(31-15-12-9-13-16-31)32-24-22-29(23-25-32)26-33(35)17-10-6-4-2/h3,9,12-13,15-16,18-25,27,33H,1,4-8,10-11,14,17,26H2,2H3. The fourth-order valence-electron chi connectivity index (χ4n) is 4.37.